The number of amides is 3. The number of hydrogen-bond acceptors (Lipinski definition) is 9. The third kappa shape index (κ3) is 44.7. The summed E-state index contributed by atoms with van der Waals surface area (Å²) in [6.07, 6.45) is -1.36. The van der Waals surface area contributed by atoms with E-state index < -0.39 is 39.9 Å². The molecule has 0 radical (unpaired) electrons. The second-order valence-electron chi connectivity index (χ2n) is 13.3. The van der Waals surface area contributed by atoms with Crippen molar-refractivity contribution >= 4 is 81.7 Å². The minimum absolute atomic E-state index is 0. The molecule has 0 heterocycles. The Hall–Kier alpha value is -1.31. The minimum Gasteiger partial charge on any atom is -0.444 e. The highest BCUT2D eigenvalue weighted by Crippen LogP contribution is 2.14. The molecule has 0 bridgehead atoms. The Bertz CT molecular complexity index is 871. The molecular formula is C32H65Cl5N4O8. The molecule has 296 valence electrons. The normalized spacial score (nSPS) is 12.0. The van der Waals surface area contributed by atoms with E-state index in [9.17, 15) is 19.2 Å². The van der Waals surface area contributed by atoms with Gasteiger partial charge in [-0.15, -0.1) is 23.2 Å². The van der Waals surface area contributed by atoms with Crippen molar-refractivity contribution in [2.45, 2.75) is 139 Å². The highest BCUT2D eigenvalue weighted by Gasteiger charge is 2.23. The first-order valence-electron chi connectivity index (χ1n) is 15.6. The Balaban J connectivity index is -0.000000204. The Kier molecular flexibility index (Phi) is 36.6. The summed E-state index contributed by atoms with van der Waals surface area (Å²) in [6.45, 7) is 28.1. The number of hydrogen-bond donors (Lipinski definition) is 3. The smallest absolute Gasteiger partial charge is 0.411 e. The monoisotopic (exact) mass is 808 g/mol. The highest BCUT2D eigenvalue weighted by atomic mass is 35.5. The molecule has 0 saturated heterocycles. The molecule has 0 aromatic rings. The van der Waals surface area contributed by atoms with Gasteiger partial charge in [0, 0.05) is 61.7 Å². The van der Waals surface area contributed by atoms with Gasteiger partial charge in [0.15, 0.2) is 11.1 Å². The largest absolute Gasteiger partial charge is 0.444 e. The van der Waals surface area contributed by atoms with E-state index in [0.29, 0.717) is 19.1 Å². The van der Waals surface area contributed by atoms with Gasteiger partial charge in [-0.25, -0.2) is 19.2 Å². The molecule has 2 unspecified atom stereocenters. The van der Waals surface area contributed by atoms with Gasteiger partial charge >= 0.3 is 23.7 Å². The summed E-state index contributed by atoms with van der Waals surface area (Å²) in [6, 6.07) is 0.374. The van der Waals surface area contributed by atoms with Gasteiger partial charge in [-0.05, 0) is 55.4 Å². The lowest BCUT2D eigenvalue weighted by Gasteiger charge is -2.28. The SMILES string of the molecule is C.CC(C)C(Cl)OC(=O)Cl.CC(C)C(Cl)OC(=O)N(CCNC(=O)OC(C)(C)C)C(C)C.CC(C)NCCNC(=O)OC(C)(C)C.ClCCl. The van der Waals surface area contributed by atoms with Gasteiger partial charge in [-0.1, -0.05) is 72.2 Å². The van der Waals surface area contributed by atoms with E-state index in [0.717, 1.165) is 6.54 Å². The van der Waals surface area contributed by atoms with E-state index in [2.05, 4.69) is 34.5 Å². The summed E-state index contributed by atoms with van der Waals surface area (Å²) in [5.41, 5.74) is -3.12. The van der Waals surface area contributed by atoms with Crippen LogP contribution < -0.4 is 16.0 Å². The van der Waals surface area contributed by atoms with E-state index in [1.54, 1.807) is 20.8 Å². The average molecular weight is 811 g/mol. The van der Waals surface area contributed by atoms with Crippen molar-refractivity contribution in [3.8, 4) is 0 Å². The van der Waals surface area contributed by atoms with Crippen molar-refractivity contribution in [2.75, 3.05) is 31.5 Å². The van der Waals surface area contributed by atoms with Crippen LogP contribution >= 0.6 is 58.0 Å². The van der Waals surface area contributed by atoms with Crippen LogP contribution in [0.5, 0.6) is 0 Å². The van der Waals surface area contributed by atoms with Crippen LogP contribution in [-0.2, 0) is 18.9 Å². The van der Waals surface area contributed by atoms with Gasteiger partial charge < -0.3 is 39.8 Å². The zero-order valence-corrected chi connectivity index (χ0v) is 34.9. The fourth-order valence-corrected chi connectivity index (χ4v) is 2.82. The predicted molar refractivity (Wildman–Crippen MR) is 205 cm³/mol. The van der Waals surface area contributed by atoms with Crippen LogP contribution in [0, 0.1) is 11.8 Å². The minimum atomic E-state index is -0.858. The summed E-state index contributed by atoms with van der Waals surface area (Å²) in [5, 5.41) is 8.67. The molecule has 0 aliphatic rings. The van der Waals surface area contributed by atoms with Crippen molar-refractivity contribution in [3.63, 3.8) is 0 Å². The molecule has 17 heteroatoms. The summed E-state index contributed by atoms with van der Waals surface area (Å²) in [4.78, 5) is 46.3. The second-order valence-corrected chi connectivity index (χ2v) is 15.3. The molecule has 2 atom stereocenters. The van der Waals surface area contributed by atoms with Crippen molar-refractivity contribution < 1.29 is 38.1 Å². The molecule has 0 rings (SSSR count). The van der Waals surface area contributed by atoms with Gasteiger partial charge in [0.1, 0.15) is 11.2 Å². The average Bonchev–Trinajstić information content (AvgIpc) is 2.87. The van der Waals surface area contributed by atoms with E-state index in [4.69, 9.17) is 72.2 Å². The topological polar surface area (TPSA) is 145 Å². The molecule has 3 amide bonds. The maximum Gasteiger partial charge on any atom is 0.411 e. The van der Waals surface area contributed by atoms with Gasteiger partial charge in [-0.3, -0.25) is 0 Å². The van der Waals surface area contributed by atoms with Gasteiger partial charge in [0.05, 0.1) is 5.34 Å². The van der Waals surface area contributed by atoms with Crippen LogP contribution in [-0.4, -0.2) is 94.5 Å². The lowest BCUT2D eigenvalue weighted by atomic mass is 10.2. The van der Waals surface area contributed by atoms with Crippen molar-refractivity contribution in [3.05, 3.63) is 0 Å². The molecular weight excluding hydrogens is 746 g/mol. The molecule has 3 N–H and O–H groups in total. The lowest BCUT2D eigenvalue weighted by molar-refractivity contribution is 0.0493. The van der Waals surface area contributed by atoms with Crippen LogP contribution in [0.15, 0.2) is 0 Å². The molecule has 0 saturated carbocycles. The molecule has 0 aliphatic heterocycles. The van der Waals surface area contributed by atoms with E-state index in [1.807, 2.05) is 62.3 Å². The highest BCUT2D eigenvalue weighted by molar-refractivity contribution is 6.61. The number of ether oxygens (including phenoxy) is 4. The van der Waals surface area contributed by atoms with Crippen LogP contribution in [0.2, 0.25) is 0 Å². The Morgan fingerprint density at radius 2 is 1.04 bits per heavy atom. The predicted octanol–water partition coefficient (Wildman–Crippen LogP) is 9.73. The summed E-state index contributed by atoms with van der Waals surface area (Å²) in [7, 11) is 0. The Morgan fingerprint density at radius 3 is 1.33 bits per heavy atom. The molecule has 49 heavy (non-hydrogen) atoms. The quantitative estimate of drug-likeness (QED) is 0.0760. The van der Waals surface area contributed by atoms with Crippen molar-refractivity contribution in [2.24, 2.45) is 11.8 Å². The van der Waals surface area contributed by atoms with Crippen LogP contribution in [0.3, 0.4) is 0 Å². The summed E-state index contributed by atoms with van der Waals surface area (Å²) in [5.74, 6) is 0.119. The van der Waals surface area contributed by atoms with Crippen LogP contribution in [0.4, 0.5) is 19.2 Å². The van der Waals surface area contributed by atoms with Gasteiger partial charge in [0.25, 0.3) is 0 Å². The zero-order chi connectivity index (χ0) is 38.8. The third-order valence-electron chi connectivity index (χ3n) is 4.69. The molecule has 0 aromatic heterocycles. The van der Waals surface area contributed by atoms with E-state index >= 15 is 0 Å². The van der Waals surface area contributed by atoms with Crippen LogP contribution in [0.1, 0.15) is 104 Å². The number of nitrogens with one attached hydrogen (secondary N) is 3. The Morgan fingerprint density at radius 1 is 0.673 bits per heavy atom. The van der Waals surface area contributed by atoms with Crippen molar-refractivity contribution in [1.29, 1.82) is 0 Å². The fraction of sp³-hybridized carbons (Fsp3) is 0.875. The second kappa shape index (κ2) is 31.4. The summed E-state index contributed by atoms with van der Waals surface area (Å²) >= 11 is 25.8. The number of carbonyl (C=O) groups is 4. The number of nitrogens with zero attached hydrogens (tertiary/aromatic N) is 1. The number of rotatable bonds is 12. The number of halogens is 5. The molecule has 0 fully saturated rings. The maximum absolute atomic E-state index is 12.1. The number of carbonyl (C=O) groups excluding carboxylic acids is 4. The number of alkyl halides is 4. The standard InChI is InChI=1S/C15H29ClN2O4.C10H22N2O2.C5H8Cl2O2.CH2Cl2.CH4/c1-10(2)12(16)21-14(20)18(11(3)4)9-8-17-13(19)22-15(5,6)7;1-8(2)11-6-7-12-9(13)14-10(3,4)5;1-3(2)4(6)9-5(7)8;2-1-3;/h10-12H,8-9H2,1-7H3,(H,17,19);8,11H,6-7H2,1-5H3,(H,12,13);3-4H,1-2H3;1H2;1H4. The van der Waals surface area contributed by atoms with Crippen LogP contribution in [0.25, 0.3) is 0 Å². The molecule has 0 aromatic carbocycles. The molecule has 0 aliphatic carbocycles. The van der Waals surface area contributed by atoms with Gasteiger partial charge in [-0.2, -0.15) is 0 Å². The molecule has 0 spiro atoms. The van der Waals surface area contributed by atoms with E-state index in [1.165, 1.54) is 4.90 Å². The van der Waals surface area contributed by atoms with Crippen molar-refractivity contribution in [1.82, 2.24) is 20.9 Å². The Labute approximate surface area is 321 Å². The lowest BCUT2D eigenvalue weighted by Crippen LogP contribution is -2.44. The third-order valence-corrected chi connectivity index (χ3v) is 5.97. The summed E-state index contributed by atoms with van der Waals surface area (Å²) < 4.78 is 19.8. The van der Waals surface area contributed by atoms with E-state index in [-0.39, 0.29) is 43.3 Å². The maximum atomic E-state index is 12.1. The fourth-order valence-electron chi connectivity index (χ4n) is 2.52. The number of alkyl carbamates (subject to hydrolysis) is 2. The first kappa shape index (κ1) is 57.0. The first-order chi connectivity index (χ1) is 21.7. The zero-order valence-electron chi connectivity index (χ0n) is 31.1. The first-order valence-corrected chi connectivity index (χ1v) is 17.9. The molecule has 12 nitrogen and oxygen atoms in total. The van der Waals surface area contributed by atoms with Gasteiger partial charge in [0.2, 0.25) is 0 Å².